The summed E-state index contributed by atoms with van der Waals surface area (Å²) in [4.78, 5) is 27.4. The predicted octanol–water partition coefficient (Wildman–Crippen LogP) is 3.43. The van der Waals surface area contributed by atoms with Gasteiger partial charge in [-0.2, -0.15) is 0 Å². The normalized spacial score (nSPS) is 17.6. The van der Waals surface area contributed by atoms with E-state index in [1.807, 2.05) is 4.90 Å². The summed E-state index contributed by atoms with van der Waals surface area (Å²) < 4.78 is 28.3. The monoisotopic (exact) mass is 412 g/mol. The Kier molecular flexibility index (Phi) is 5.39. The molecule has 2 amide bonds. The van der Waals surface area contributed by atoms with Crippen LogP contribution in [0.5, 0.6) is 0 Å². The maximum Gasteiger partial charge on any atom is 0.257 e. The summed E-state index contributed by atoms with van der Waals surface area (Å²) in [5.41, 5.74) is 2.23. The molecule has 30 heavy (non-hydrogen) atoms. The molecule has 2 N–H and O–H groups in total. The number of carbonyl (C=O) groups excluding carboxylic acids is 2. The Hall–Kier alpha value is -3.42. The van der Waals surface area contributed by atoms with Crippen molar-refractivity contribution < 1.29 is 18.4 Å². The number of fused-ring (bicyclic) bond motifs is 1. The number of halogens is 2. The molecule has 0 unspecified atom stereocenters. The van der Waals surface area contributed by atoms with Crippen molar-refractivity contribution in [2.24, 2.45) is 0 Å². The zero-order chi connectivity index (χ0) is 21.3. The zero-order valence-corrected chi connectivity index (χ0v) is 16.5. The van der Waals surface area contributed by atoms with Crippen LogP contribution < -0.4 is 15.5 Å². The van der Waals surface area contributed by atoms with E-state index in [2.05, 4.69) is 10.6 Å². The van der Waals surface area contributed by atoms with Crippen molar-refractivity contribution in [1.82, 2.24) is 4.90 Å². The molecule has 0 aliphatic carbocycles. The smallest absolute Gasteiger partial charge is 0.257 e. The van der Waals surface area contributed by atoms with E-state index in [4.69, 9.17) is 0 Å². The first-order valence-electron chi connectivity index (χ1n) is 9.80. The van der Waals surface area contributed by atoms with Crippen LogP contribution in [-0.4, -0.2) is 42.9 Å². The molecule has 1 fully saturated rings. The van der Waals surface area contributed by atoms with Gasteiger partial charge >= 0.3 is 0 Å². The summed E-state index contributed by atoms with van der Waals surface area (Å²) in [6.07, 6.45) is 2.22. The number of nitrogens with one attached hydrogen (secondary N) is 2. The van der Waals surface area contributed by atoms with Crippen molar-refractivity contribution in [2.45, 2.75) is 13.3 Å². The molecule has 2 aliphatic heterocycles. The third-order valence-electron chi connectivity index (χ3n) is 5.38. The van der Waals surface area contributed by atoms with Gasteiger partial charge in [-0.3, -0.25) is 9.59 Å². The summed E-state index contributed by atoms with van der Waals surface area (Å²) in [5.74, 6) is -1.15. The van der Waals surface area contributed by atoms with Crippen LogP contribution in [0.4, 0.5) is 25.8 Å². The third kappa shape index (κ3) is 3.98. The third-order valence-corrected chi connectivity index (χ3v) is 5.38. The SMILES string of the molecule is CC(=O)N1CCCN(c2ccc(N/C=C3\C(=O)Nc4ccc(F)cc43)cc2F)CC1. The first-order chi connectivity index (χ1) is 14.4. The molecular formula is C22H22F2N4O2. The maximum atomic E-state index is 14.8. The van der Waals surface area contributed by atoms with E-state index < -0.39 is 11.6 Å². The number of hydrogen-bond donors (Lipinski definition) is 2. The Morgan fingerprint density at radius 1 is 1.10 bits per heavy atom. The predicted molar refractivity (Wildman–Crippen MR) is 112 cm³/mol. The van der Waals surface area contributed by atoms with Gasteiger partial charge in [-0.15, -0.1) is 0 Å². The van der Waals surface area contributed by atoms with E-state index in [-0.39, 0.29) is 17.4 Å². The molecule has 0 atom stereocenters. The van der Waals surface area contributed by atoms with Crippen molar-refractivity contribution in [3.05, 3.63) is 59.8 Å². The molecule has 2 heterocycles. The van der Waals surface area contributed by atoms with Gasteiger partial charge in [-0.05, 0) is 42.8 Å². The lowest BCUT2D eigenvalue weighted by Crippen LogP contribution is -2.33. The molecule has 2 aromatic carbocycles. The Labute approximate surface area is 173 Å². The lowest BCUT2D eigenvalue weighted by Gasteiger charge is -2.24. The highest BCUT2D eigenvalue weighted by molar-refractivity contribution is 6.31. The minimum absolute atomic E-state index is 0.0299. The molecule has 2 aromatic rings. The average Bonchev–Trinajstić information content (AvgIpc) is 2.87. The summed E-state index contributed by atoms with van der Waals surface area (Å²) in [6.45, 7) is 4.01. The molecule has 8 heteroatoms. The highest BCUT2D eigenvalue weighted by Gasteiger charge is 2.24. The van der Waals surface area contributed by atoms with Gasteiger partial charge in [-0.25, -0.2) is 8.78 Å². The Balaban J connectivity index is 1.49. The summed E-state index contributed by atoms with van der Waals surface area (Å²) >= 11 is 0. The first kappa shape index (κ1) is 19.9. The number of hydrogen-bond acceptors (Lipinski definition) is 4. The van der Waals surface area contributed by atoms with Gasteiger partial charge in [0.25, 0.3) is 5.91 Å². The number of rotatable bonds is 3. The largest absolute Gasteiger partial charge is 0.367 e. The van der Waals surface area contributed by atoms with Crippen LogP contribution in [0.25, 0.3) is 5.57 Å². The van der Waals surface area contributed by atoms with Crippen molar-refractivity contribution in [2.75, 3.05) is 41.7 Å². The van der Waals surface area contributed by atoms with Crippen LogP contribution in [0, 0.1) is 11.6 Å². The molecule has 0 bridgehead atoms. The number of nitrogens with zero attached hydrogens (tertiary/aromatic N) is 2. The maximum absolute atomic E-state index is 14.8. The Morgan fingerprint density at radius 2 is 1.93 bits per heavy atom. The van der Waals surface area contributed by atoms with Crippen LogP contribution in [0.3, 0.4) is 0 Å². The molecule has 4 rings (SSSR count). The van der Waals surface area contributed by atoms with Gasteiger partial charge in [0.15, 0.2) is 0 Å². The molecule has 156 valence electrons. The number of carbonyl (C=O) groups is 2. The lowest BCUT2D eigenvalue weighted by atomic mass is 10.1. The topological polar surface area (TPSA) is 64.7 Å². The van der Waals surface area contributed by atoms with Gasteiger partial charge in [0.1, 0.15) is 11.6 Å². The molecule has 0 aromatic heterocycles. The van der Waals surface area contributed by atoms with Crippen molar-refractivity contribution in [1.29, 1.82) is 0 Å². The Bertz CT molecular complexity index is 1040. The zero-order valence-electron chi connectivity index (χ0n) is 16.5. The molecule has 1 saturated heterocycles. The van der Waals surface area contributed by atoms with Crippen LogP contribution >= 0.6 is 0 Å². The molecule has 0 saturated carbocycles. The summed E-state index contributed by atoms with van der Waals surface area (Å²) in [6, 6.07) is 8.84. The van der Waals surface area contributed by atoms with Crippen LogP contribution in [-0.2, 0) is 9.59 Å². The minimum atomic E-state index is -0.438. The molecule has 2 aliphatic rings. The second-order valence-electron chi connectivity index (χ2n) is 7.36. The van der Waals surface area contributed by atoms with Crippen LogP contribution in [0.2, 0.25) is 0 Å². The van der Waals surface area contributed by atoms with Crippen molar-refractivity contribution in [3.8, 4) is 0 Å². The second-order valence-corrected chi connectivity index (χ2v) is 7.36. The van der Waals surface area contributed by atoms with E-state index >= 15 is 0 Å². The second kappa shape index (κ2) is 8.14. The average molecular weight is 412 g/mol. The van der Waals surface area contributed by atoms with Gasteiger partial charge in [0.05, 0.1) is 11.3 Å². The van der Waals surface area contributed by atoms with E-state index in [1.165, 1.54) is 30.5 Å². The highest BCUT2D eigenvalue weighted by Crippen LogP contribution is 2.32. The molecule has 6 nitrogen and oxygen atoms in total. The van der Waals surface area contributed by atoms with Crippen LogP contribution in [0.15, 0.2) is 42.6 Å². The fourth-order valence-corrected chi connectivity index (χ4v) is 3.79. The van der Waals surface area contributed by atoms with Crippen molar-refractivity contribution >= 4 is 34.4 Å². The highest BCUT2D eigenvalue weighted by atomic mass is 19.1. The fraction of sp³-hybridized carbons (Fsp3) is 0.273. The van der Waals surface area contributed by atoms with Gasteiger partial charge in [0.2, 0.25) is 5.91 Å². The number of amides is 2. The van der Waals surface area contributed by atoms with Gasteiger partial charge in [-0.1, -0.05) is 0 Å². The fourth-order valence-electron chi connectivity index (χ4n) is 3.79. The van der Waals surface area contributed by atoms with E-state index in [1.54, 1.807) is 24.0 Å². The summed E-state index contributed by atoms with van der Waals surface area (Å²) in [7, 11) is 0. The van der Waals surface area contributed by atoms with Gasteiger partial charge < -0.3 is 20.4 Å². The Morgan fingerprint density at radius 3 is 2.70 bits per heavy atom. The van der Waals surface area contributed by atoms with E-state index in [0.717, 1.165) is 6.42 Å². The standard InChI is InChI=1S/C22H22F2N4O2/c1-14(29)27-7-2-8-28(10-9-27)21-6-4-16(12-19(21)24)25-13-18-17-11-15(23)3-5-20(17)26-22(18)30/h3-6,11-13,25H,2,7-10H2,1H3,(H,26,30)/b18-13-. The number of benzene rings is 2. The molecule has 0 spiro atoms. The summed E-state index contributed by atoms with van der Waals surface area (Å²) in [5, 5.41) is 5.60. The lowest BCUT2D eigenvalue weighted by molar-refractivity contribution is -0.128. The van der Waals surface area contributed by atoms with E-state index in [9.17, 15) is 18.4 Å². The van der Waals surface area contributed by atoms with Gasteiger partial charge in [0, 0.05) is 56.2 Å². The molecular weight excluding hydrogens is 390 g/mol. The first-order valence-corrected chi connectivity index (χ1v) is 9.80. The van der Waals surface area contributed by atoms with Crippen LogP contribution in [0.1, 0.15) is 18.9 Å². The van der Waals surface area contributed by atoms with E-state index in [0.29, 0.717) is 48.8 Å². The quantitative estimate of drug-likeness (QED) is 0.759. The van der Waals surface area contributed by atoms with Crippen molar-refractivity contribution in [3.63, 3.8) is 0 Å². The number of anilines is 3. The minimum Gasteiger partial charge on any atom is -0.367 e. The molecule has 0 radical (unpaired) electrons.